The minimum atomic E-state index is -0.585. The Hall–Kier alpha value is -3.74. The predicted octanol–water partition coefficient (Wildman–Crippen LogP) is 2.32. The van der Waals surface area contributed by atoms with E-state index in [-0.39, 0.29) is 48.4 Å². The summed E-state index contributed by atoms with van der Waals surface area (Å²) in [4.78, 5) is 26.6. The van der Waals surface area contributed by atoms with Crippen LogP contribution in [0.5, 0.6) is 28.7 Å². The molecule has 0 bridgehead atoms. The lowest BCUT2D eigenvalue weighted by Crippen LogP contribution is -2.42. The van der Waals surface area contributed by atoms with E-state index in [4.69, 9.17) is 29.4 Å². The summed E-state index contributed by atoms with van der Waals surface area (Å²) in [5.74, 6) is -0.298. The van der Waals surface area contributed by atoms with E-state index in [2.05, 4.69) is 16.0 Å². The topological polar surface area (TPSA) is 163 Å². The fourth-order valence-corrected chi connectivity index (χ4v) is 6.44. The maximum atomic E-state index is 13.3. The fraction of sp³-hybridized carbons (Fsp3) is 0.562. The van der Waals surface area contributed by atoms with E-state index in [0.29, 0.717) is 36.4 Å². The second kappa shape index (κ2) is 14.8. The van der Waals surface area contributed by atoms with Crippen molar-refractivity contribution < 1.29 is 38.4 Å². The third-order valence-electron chi connectivity index (χ3n) is 8.64. The maximum absolute atomic E-state index is 13.3. The van der Waals surface area contributed by atoms with Crippen molar-refractivity contribution in [2.45, 2.75) is 44.1 Å². The van der Waals surface area contributed by atoms with Gasteiger partial charge in [0.25, 0.3) is 0 Å². The zero-order valence-corrected chi connectivity index (χ0v) is 25.5. The highest BCUT2D eigenvalue weighted by Gasteiger charge is 2.53. The quantitative estimate of drug-likeness (QED) is 0.140. The van der Waals surface area contributed by atoms with Crippen molar-refractivity contribution in [2.75, 3.05) is 60.3 Å². The number of phenols is 1. The number of unbranched alkanes of at least 4 members (excludes halogenated alkanes) is 1. The van der Waals surface area contributed by atoms with Crippen LogP contribution in [0.15, 0.2) is 24.3 Å². The molecule has 44 heavy (non-hydrogen) atoms. The van der Waals surface area contributed by atoms with Crippen molar-refractivity contribution in [3.63, 3.8) is 0 Å². The first-order valence-corrected chi connectivity index (χ1v) is 15.4. The number of methoxy groups -OCH3 is 2. The molecule has 2 aliphatic heterocycles. The van der Waals surface area contributed by atoms with Crippen molar-refractivity contribution >= 4 is 11.9 Å². The Morgan fingerprint density at radius 2 is 1.52 bits per heavy atom. The third-order valence-corrected chi connectivity index (χ3v) is 8.64. The van der Waals surface area contributed by atoms with Crippen molar-refractivity contribution in [1.29, 1.82) is 0 Å². The number of hydrogen-bond donors (Lipinski definition) is 5. The van der Waals surface area contributed by atoms with Crippen LogP contribution < -0.4 is 40.6 Å². The van der Waals surface area contributed by atoms with Crippen LogP contribution >= 0.6 is 0 Å². The van der Waals surface area contributed by atoms with E-state index in [1.807, 2.05) is 12.1 Å². The number of fused-ring (bicyclic) bond motifs is 3. The Morgan fingerprint density at radius 1 is 0.909 bits per heavy atom. The number of phenolic OH excluding ortho intramolecular Hbond substituents is 1. The van der Waals surface area contributed by atoms with Gasteiger partial charge < -0.3 is 50.5 Å². The molecule has 1 amide bonds. The maximum Gasteiger partial charge on any atom is 0.310 e. The molecule has 0 saturated carbocycles. The van der Waals surface area contributed by atoms with Crippen molar-refractivity contribution in [3.8, 4) is 28.7 Å². The first-order chi connectivity index (χ1) is 21.5. The van der Waals surface area contributed by atoms with Gasteiger partial charge in [0, 0.05) is 18.3 Å². The number of esters is 1. The molecule has 2 heterocycles. The minimum absolute atomic E-state index is 0.0889. The fourth-order valence-electron chi connectivity index (χ4n) is 6.44. The minimum Gasteiger partial charge on any atom is -0.502 e. The van der Waals surface area contributed by atoms with Crippen molar-refractivity contribution in [1.82, 2.24) is 16.0 Å². The van der Waals surface area contributed by atoms with Gasteiger partial charge in [0.05, 0.1) is 32.8 Å². The molecule has 12 nitrogen and oxygen atoms in total. The van der Waals surface area contributed by atoms with Crippen LogP contribution in [-0.4, -0.2) is 77.3 Å². The smallest absolute Gasteiger partial charge is 0.310 e. The van der Waals surface area contributed by atoms with Gasteiger partial charge in [-0.2, -0.15) is 0 Å². The summed E-state index contributed by atoms with van der Waals surface area (Å²) in [6.07, 6.45) is 4.19. The largest absolute Gasteiger partial charge is 0.502 e. The number of carbonyl (C=O) groups excluding carboxylic acids is 2. The summed E-state index contributed by atoms with van der Waals surface area (Å²) in [7, 11) is 2.92. The van der Waals surface area contributed by atoms with E-state index in [0.717, 1.165) is 56.6 Å². The van der Waals surface area contributed by atoms with Gasteiger partial charge in [-0.1, -0.05) is 0 Å². The Kier molecular flexibility index (Phi) is 10.7. The molecule has 4 atom stereocenters. The van der Waals surface area contributed by atoms with Gasteiger partial charge in [-0.15, -0.1) is 0 Å². The summed E-state index contributed by atoms with van der Waals surface area (Å²) in [5.41, 5.74) is 7.88. The number of carbonyl (C=O) groups is 2. The Labute approximate surface area is 257 Å². The van der Waals surface area contributed by atoms with Crippen LogP contribution in [0.2, 0.25) is 0 Å². The van der Waals surface area contributed by atoms with Crippen LogP contribution in [0.4, 0.5) is 0 Å². The molecular weight excluding hydrogens is 568 g/mol. The van der Waals surface area contributed by atoms with Gasteiger partial charge in [-0.05, 0) is 99.4 Å². The average Bonchev–Trinajstić information content (AvgIpc) is 3.65. The molecule has 4 unspecified atom stereocenters. The van der Waals surface area contributed by atoms with Gasteiger partial charge in [0.15, 0.2) is 23.0 Å². The van der Waals surface area contributed by atoms with E-state index in [1.54, 1.807) is 12.1 Å². The molecule has 6 N–H and O–H groups in total. The molecule has 5 rings (SSSR count). The molecule has 1 fully saturated rings. The van der Waals surface area contributed by atoms with Crippen LogP contribution in [0.25, 0.3) is 0 Å². The summed E-state index contributed by atoms with van der Waals surface area (Å²) >= 11 is 0. The molecule has 0 aromatic heterocycles. The normalized spacial score (nSPS) is 21.4. The number of rotatable bonds is 16. The number of nitrogens with one attached hydrogen (secondary N) is 3. The lowest BCUT2D eigenvalue weighted by Gasteiger charge is -2.39. The molecule has 0 spiro atoms. The summed E-state index contributed by atoms with van der Waals surface area (Å²) in [5, 5.41) is 20.6. The van der Waals surface area contributed by atoms with Gasteiger partial charge in [-0.25, -0.2) is 0 Å². The molecular formula is C32H44N4O8. The highest BCUT2D eigenvalue weighted by atomic mass is 16.7. The van der Waals surface area contributed by atoms with Crippen LogP contribution in [0.3, 0.4) is 0 Å². The lowest BCUT2D eigenvalue weighted by molar-refractivity contribution is -0.141. The van der Waals surface area contributed by atoms with Crippen molar-refractivity contribution in [3.05, 3.63) is 41.0 Å². The second-order valence-corrected chi connectivity index (χ2v) is 11.4. The molecule has 240 valence electrons. The molecule has 1 saturated heterocycles. The van der Waals surface area contributed by atoms with Crippen LogP contribution in [0, 0.1) is 11.8 Å². The first-order valence-electron chi connectivity index (χ1n) is 15.4. The van der Waals surface area contributed by atoms with Gasteiger partial charge in [0.2, 0.25) is 18.4 Å². The molecule has 3 aliphatic rings. The number of benzene rings is 2. The molecule has 1 aliphatic carbocycles. The summed E-state index contributed by atoms with van der Waals surface area (Å²) < 4.78 is 27.9. The van der Waals surface area contributed by atoms with Gasteiger partial charge in [-0.3, -0.25) is 9.59 Å². The monoisotopic (exact) mass is 612 g/mol. The van der Waals surface area contributed by atoms with Gasteiger partial charge in [0.1, 0.15) is 0 Å². The number of nitrogens with two attached hydrogens (primary N) is 1. The molecule has 2 aromatic rings. The van der Waals surface area contributed by atoms with E-state index in [9.17, 15) is 14.7 Å². The van der Waals surface area contributed by atoms with Gasteiger partial charge >= 0.3 is 5.97 Å². The van der Waals surface area contributed by atoms with E-state index < -0.39 is 17.9 Å². The third kappa shape index (κ3) is 6.82. The number of ether oxygens (including phenoxy) is 5. The highest BCUT2D eigenvalue weighted by Crippen LogP contribution is 2.55. The standard InChI is InChI=1S/C32H44N4O8/c1-40-25-13-19(14-26(41-2)31(25)38)28-20-15-23-24(44-18-43-23)16-21(20)30(22-17-42-32(39)29(22)28)36-27(37)7-5-11-34-9-3-4-10-35-12-6-8-33/h13-16,22,28-30,34-35,38H,3-12,17-18,33H2,1-2H3,(H,36,37). The number of cyclic esters (lactones) is 1. The highest BCUT2D eigenvalue weighted by molar-refractivity contribution is 5.81. The average molecular weight is 613 g/mol. The molecule has 0 radical (unpaired) electrons. The Morgan fingerprint density at radius 3 is 2.16 bits per heavy atom. The van der Waals surface area contributed by atoms with E-state index >= 15 is 0 Å². The number of amides is 1. The predicted molar refractivity (Wildman–Crippen MR) is 162 cm³/mol. The second-order valence-electron chi connectivity index (χ2n) is 11.4. The van der Waals surface area contributed by atoms with Crippen molar-refractivity contribution in [2.24, 2.45) is 17.6 Å². The lowest BCUT2D eigenvalue weighted by atomic mass is 9.65. The Balaban J connectivity index is 1.30. The molecule has 12 heteroatoms. The first kappa shape index (κ1) is 31.7. The summed E-state index contributed by atoms with van der Waals surface area (Å²) in [6.45, 7) is 4.56. The Bertz CT molecular complexity index is 1300. The summed E-state index contributed by atoms with van der Waals surface area (Å²) in [6, 6.07) is 6.75. The van der Waals surface area contributed by atoms with E-state index in [1.165, 1.54) is 14.2 Å². The number of aromatic hydroxyl groups is 1. The zero-order chi connectivity index (χ0) is 31.1. The van der Waals surface area contributed by atoms with Crippen LogP contribution in [-0.2, 0) is 14.3 Å². The SMILES string of the molecule is COc1cc(C2c3cc4c(cc3C(NC(=O)CCCNCCCCNCCCN)C3COC(=O)C23)OCO4)cc(OC)c1O. The van der Waals surface area contributed by atoms with Crippen LogP contribution in [0.1, 0.15) is 60.8 Å². The number of hydrogen-bond acceptors (Lipinski definition) is 11. The zero-order valence-electron chi connectivity index (χ0n) is 25.5. The molecule has 2 aromatic carbocycles.